The molecular weight excluding hydrogens is 250 g/mol. The van der Waals surface area contributed by atoms with Crippen LogP contribution in [0.2, 0.25) is 0 Å². The van der Waals surface area contributed by atoms with Crippen LogP contribution in [0.3, 0.4) is 0 Å². The van der Waals surface area contributed by atoms with Crippen molar-refractivity contribution in [1.29, 1.82) is 0 Å². The highest BCUT2D eigenvalue weighted by Gasteiger charge is 2.11. The van der Waals surface area contributed by atoms with Crippen molar-refractivity contribution in [2.24, 2.45) is 0 Å². The Morgan fingerprint density at radius 2 is 1.90 bits per heavy atom. The largest absolute Gasteiger partial charge is 0.378 e. The lowest BCUT2D eigenvalue weighted by Crippen LogP contribution is -2.11. The van der Waals surface area contributed by atoms with Crippen molar-refractivity contribution in [2.75, 3.05) is 19.0 Å². The first-order valence-electron chi connectivity index (χ1n) is 6.85. The van der Waals surface area contributed by atoms with Gasteiger partial charge in [0.1, 0.15) is 0 Å². The molecule has 0 unspecified atom stereocenters. The van der Waals surface area contributed by atoms with E-state index in [0.29, 0.717) is 6.42 Å². The van der Waals surface area contributed by atoms with Crippen LogP contribution in [0.5, 0.6) is 0 Å². The highest BCUT2D eigenvalue weighted by Crippen LogP contribution is 2.15. The van der Waals surface area contributed by atoms with Gasteiger partial charge < -0.3 is 4.90 Å². The van der Waals surface area contributed by atoms with E-state index < -0.39 is 0 Å². The third-order valence-electron chi connectivity index (χ3n) is 3.33. The van der Waals surface area contributed by atoms with E-state index >= 15 is 0 Å². The Morgan fingerprint density at radius 3 is 2.45 bits per heavy atom. The van der Waals surface area contributed by atoms with Gasteiger partial charge in [-0.1, -0.05) is 0 Å². The van der Waals surface area contributed by atoms with Gasteiger partial charge in [0.25, 0.3) is 0 Å². The molecule has 0 aliphatic rings. The summed E-state index contributed by atoms with van der Waals surface area (Å²) in [6, 6.07) is 9.69. The Balaban J connectivity index is 2.15. The lowest BCUT2D eigenvalue weighted by atomic mass is 10.1. The highest BCUT2D eigenvalue weighted by atomic mass is 16.1. The second-order valence-electron chi connectivity index (χ2n) is 5.13. The lowest BCUT2D eigenvalue weighted by molar-refractivity contribution is 0.0990. The van der Waals surface area contributed by atoms with Crippen LogP contribution in [0.25, 0.3) is 0 Å². The molecule has 0 saturated heterocycles. The molecule has 2 rings (SSSR count). The van der Waals surface area contributed by atoms with Gasteiger partial charge in [0.2, 0.25) is 0 Å². The number of Topliss-reactive ketones (excluding diaryl/α,β-unsaturated/α-hetero) is 1. The van der Waals surface area contributed by atoms with E-state index in [9.17, 15) is 4.79 Å². The molecule has 20 heavy (non-hydrogen) atoms. The minimum absolute atomic E-state index is 0.130. The maximum absolute atomic E-state index is 12.3. The summed E-state index contributed by atoms with van der Waals surface area (Å²) in [5, 5.41) is 4.37. The average Bonchev–Trinajstić information content (AvgIpc) is 2.78. The van der Waals surface area contributed by atoms with Gasteiger partial charge in [-0.05, 0) is 44.2 Å². The lowest BCUT2D eigenvalue weighted by Gasteiger charge is -2.12. The summed E-state index contributed by atoms with van der Waals surface area (Å²) in [4.78, 5) is 14.3. The molecule has 4 nitrogen and oxygen atoms in total. The van der Waals surface area contributed by atoms with Crippen molar-refractivity contribution >= 4 is 11.5 Å². The minimum atomic E-state index is 0.130. The molecule has 1 aromatic heterocycles. The second kappa shape index (κ2) is 5.90. The number of nitrogens with zero attached hydrogens (tertiary/aromatic N) is 3. The Bertz CT molecular complexity index is 597. The normalized spacial score (nSPS) is 10.6. The highest BCUT2D eigenvalue weighted by molar-refractivity contribution is 5.97. The number of carbonyl (C=O) groups excluding carboxylic acids is 1. The molecule has 0 amide bonds. The Morgan fingerprint density at radius 1 is 1.25 bits per heavy atom. The summed E-state index contributed by atoms with van der Waals surface area (Å²) >= 11 is 0. The summed E-state index contributed by atoms with van der Waals surface area (Å²) in [5.74, 6) is 0.130. The van der Waals surface area contributed by atoms with Crippen molar-refractivity contribution in [3.63, 3.8) is 0 Å². The summed E-state index contributed by atoms with van der Waals surface area (Å²) in [6.45, 7) is 4.77. The predicted molar refractivity (Wildman–Crippen MR) is 81.4 cm³/mol. The number of aromatic nitrogens is 2. The van der Waals surface area contributed by atoms with Crippen LogP contribution in [-0.2, 0) is 13.0 Å². The molecular formula is C16H21N3O. The molecule has 4 heteroatoms. The Hall–Kier alpha value is -2.10. The minimum Gasteiger partial charge on any atom is -0.378 e. The number of anilines is 1. The summed E-state index contributed by atoms with van der Waals surface area (Å²) in [7, 11) is 3.97. The number of benzene rings is 1. The molecule has 0 N–H and O–H groups in total. The van der Waals surface area contributed by atoms with Gasteiger partial charge in [-0.25, -0.2) is 0 Å². The third kappa shape index (κ3) is 3.07. The predicted octanol–water partition coefficient (Wildman–Crippen LogP) is 2.70. The molecule has 2 aromatic rings. The Labute approximate surface area is 120 Å². The first kappa shape index (κ1) is 14.3. The smallest absolute Gasteiger partial charge is 0.168 e. The number of carbonyl (C=O) groups is 1. The maximum atomic E-state index is 12.3. The summed E-state index contributed by atoms with van der Waals surface area (Å²) in [5.41, 5.74) is 3.78. The zero-order chi connectivity index (χ0) is 14.7. The summed E-state index contributed by atoms with van der Waals surface area (Å²) in [6.07, 6.45) is 0.399. The zero-order valence-electron chi connectivity index (χ0n) is 12.6. The molecule has 0 bridgehead atoms. The van der Waals surface area contributed by atoms with Crippen molar-refractivity contribution in [1.82, 2.24) is 9.78 Å². The first-order valence-corrected chi connectivity index (χ1v) is 6.85. The van der Waals surface area contributed by atoms with Crippen molar-refractivity contribution in [2.45, 2.75) is 26.8 Å². The van der Waals surface area contributed by atoms with Gasteiger partial charge >= 0.3 is 0 Å². The van der Waals surface area contributed by atoms with Gasteiger partial charge in [0.05, 0.1) is 12.1 Å². The van der Waals surface area contributed by atoms with Crippen LogP contribution in [-0.4, -0.2) is 29.7 Å². The average molecular weight is 271 g/mol. The molecule has 0 spiro atoms. The number of ketones is 1. The van der Waals surface area contributed by atoms with E-state index in [0.717, 1.165) is 29.2 Å². The number of hydrogen-bond donors (Lipinski definition) is 0. The summed E-state index contributed by atoms with van der Waals surface area (Å²) < 4.78 is 1.89. The quantitative estimate of drug-likeness (QED) is 0.785. The fraction of sp³-hybridized carbons (Fsp3) is 0.375. The number of aryl methyl sites for hydroxylation is 2. The Kier molecular flexibility index (Phi) is 4.23. The van der Waals surface area contributed by atoms with E-state index in [1.54, 1.807) is 0 Å². The molecule has 0 atom stereocenters. The van der Waals surface area contributed by atoms with Crippen molar-refractivity contribution in [3.8, 4) is 0 Å². The van der Waals surface area contributed by atoms with Crippen LogP contribution in [0.1, 0.15) is 28.7 Å². The number of hydrogen-bond acceptors (Lipinski definition) is 3. The van der Waals surface area contributed by atoms with Crippen LogP contribution in [0, 0.1) is 6.92 Å². The molecule has 0 saturated carbocycles. The van der Waals surface area contributed by atoms with E-state index in [2.05, 4.69) is 5.10 Å². The standard InChI is InChI=1S/C16H21N3O/c1-5-19-15(10-12(2)17-19)11-16(20)13-6-8-14(9-7-13)18(3)4/h6-10H,5,11H2,1-4H3. The molecule has 106 valence electrons. The van der Waals surface area contributed by atoms with Crippen LogP contribution >= 0.6 is 0 Å². The topological polar surface area (TPSA) is 38.1 Å². The van der Waals surface area contributed by atoms with E-state index in [-0.39, 0.29) is 5.78 Å². The van der Waals surface area contributed by atoms with Crippen molar-refractivity contribution in [3.05, 3.63) is 47.3 Å². The van der Waals surface area contributed by atoms with E-state index in [4.69, 9.17) is 0 Å². The SMILES string of the molecule is CCn1nc(C)cc1CC(=O)c1ccc(N(C)C)cc1. The van der Waals surface area contributed by atoms with Gasteiger partial charge in [0, 0.05) is 37.6 Å². The van der Waals surface area contributed by atoms with Gasteiger partial charge in [-0.15, -0.1) is 0 Å². The number of rotatable bonds is 5. The zero-order valence-corrected chi connectivity index (χ0v) is 12.6. The molecule has 0 radical (unpaired) electrons. The molecule has 1 heterocycles. The van der Waals surface area contributed by atoms with Gasteiger partial charge in [0.15, 0.2) is 5.78 Å². The van der Waals surface area contributed by atoms with Crippen LogP contribution in [0.4, 0.5) is 5.69 Å². The fourth-order valence-corrected chi connectivity index (χ4v) is 2.23. The maximum Gasteiger partial charge on any atom is 0.168 e. The first-order chi connectivity index (χ1) is 9.51. The molecule has 0 aliphatic heterocycles. The molecule has 0 fully saturated rings. The van der Waals surface area contributed by atoms with Crippen molar-refractivity contribution < 1.29 is 4.79 Å². The van der Waals surface area contributed by atoms with Crippen LogP contribution in [0.15, 0.2) is 30.3 Å². The van der Waals surface area contributed by atoms with Crippen LogP contribution < -0.4 is 4.90 Å². The fourth-order valence-electron chi connectivity index (χ4n) is 2.23. The third-order valence-corrected chi connectivity index (χ3v) is 3.33. The molecule has 1 aromatic carbocycles. The second-order valence-corrected chi connectivity index (χ2v) is 5.13. The van der Waals surface area contributed by atoms with E-state index in [1.165, 1.54) is 0 Å². The van der Waals surface area contributed by atoms with Gasteiger partial charge in [-0.3, -0.25) is 9.48 Å². The molecule has 0 aliphatic carbocycles. The van der Waals surface area contributed by atoms with E-state index in [1.807, 2.05) is 67.9 Å². The van der Waals surface area contributed by atoms with Gasteiger partial charge in [-0.2, -0.15) is 5.10 Å². The monoisotopic (exact) mass is 271 g/mol.